The number of guanidine groups is 1. The summed E-state index contributed by atoms with van der Waals surface area (Å²) >= 11 is 0. The Morgan fingerprint density at radius 2 is 2.00 bits per heavy atom. The molecule has 0 amide bonds. The van der Waals surface area contributed by atoms with Gasteiger partial charge >= 0.3 is 6.18 Å². The van der Waals surface area contributed by atoms with Crippen LogP contribution in [0.1, 0.15) is 25.7 Å². The van der Waals surface area contributed by atoms with Gasteiger partial charge in [-0.3, -0.25) is 0 Å². The van der Waals surface area contributed by atoms with Crippen molar-refractivity contribution in [3.8, 4) is 0 Å². The summed E-state index contributed by atoms with van der Waals surface area (Å²) in [6.45, 7) is 0. The molecule has 1 fully saturated rings. The Bertz CT molecular complexity index is 278. The van der Waals surface area contributed by atoms with Gasteiger partial charge in [-0.15, -0.1) is 5.10 Å². The van der Waals surface area contributed by atoms with Crippen LogP contribution in [-0.2, 0) is 0 Å². The quantitative estimate of drug-likeness (QED) is 0.399. The lowest BCUT2D eigenvalue weighted by Gasteiger charge is -2.24. The fourth-order valence-corrected chi connectivity index (χ4v) is 1.54. The fraction of sp³-hybridized carbons (Fsp3) is 0.750. The van der Waals surface area contributed by atoms with Crippen molar-refractivity contribution in [1.29, 1.82) is 0 Å². The topological polar surface area (TPSA) is 76.8 Å². The molecular weight excluding hydrogens is 209 g/mol. The van der Waals surface area contributed by atoms with Gasteiger partial charge < -0.3 is 11.5 Å². The van der Waals surface area contributed by atoms with Gasteiger partial charge in [0.05, 0.1) is 5.92 Å². The summed E-state index contributed by atoms with van der Waals surface area (Å²) in [6.07, 6.45) is -3.09. The van der Waals surface area contributed by atoms with Crippen LogP contribution >= 0.6 is 0 Å². The Hall–Kier alpha value is -1.27. The predicted molar refractivity (Wildman–Crippen MR) is 51.3 cm³/mol. The third-order valence-electron chi connectivity index (χ3n) is 2.27. The minimum Gasteiger partial charge on any atom is -0.369 e. The van der Waals surface area contributed by atoms with Crippen LogP contribution in [-0.4, -0.2) is 17.8 Å². The van der Waals surface area contributed by atoms with Gasteiger partial charge in [0.2, 0.25) is 5.96 Å². The summed E-state index contributed by atoms with van der Waals surface area (Å²) in [5.41, 5.74) is 10.5. The lowest BCUT2D eigenvalue weighted by molar-refractivity contribution is -0.175. The lowest BCUT2D eigenvalue weighted by Crippen LogP contribution is -2.29. The highest BCUT2D eigenvalue weighted by molar-refractivity contribution is 5.86. The Labute approximate surface area is 85.2 Å². The zero-order valence-electron chi connectivity index (χ0n) is 8.09. The highest BCUT2D eigenvalue weighted by atomic mass is 19.4. The molecule has 7 heteroatoms. The average Bonchev–Trinajstić information content (AvgIpc) is 2.14. The van der Waals surface area contributed by atoms with Gasteiger partial charge in [0.25, 0.3) is 0 Å². The van der Waals surface area contributed by atoms with Gasteiger partial charge in [0, 0.05) is 5.71 Å². The van der Waals surface area contributed by atoms with E-state index in [1.54, 1.807) is 0 Å². The van der Waals surface area contributed by atoms with Crippen LogP contribution in [0.2, 0.25) is 0 Å². The van der Waals surface area contributed by atoms with Crippen molar-refractivity contribution in [2.45, 2.75) is 31.9 Å². The Balaban J connectivity index is 2.64. The van der Waals surface area contributed by atoms with E-state index in [9.17, 15) is 13.2 Å². The highest BCUT2D eigenvalue weighted by Gasteiger charge is 2.41. The van der Waals surface area contributed by atoms with E-state index in [0.29, 0.717) is 18.6 Å². The smallest absolute Gasteiger partial charge is 0.369 e. The van der Waals surface area contributed by atoms with Gasteiger partial charge in [-0.25, -0.2) is 0 Å². The number of rotatable bonds is 1. The normalized spacial score (nSPS) is 25.3. The molecule has 0 radical (unpaired) electrons. The Morgan fingerprint density at radius 1 is 1.33 bits per heavy atom. The van der Waals surface area contributed by atoms with Crippen molar-refractivity contribution in [1.82, 2.24) is 0 Å². The summed E-state index contributed by atoms with van der Waals surface area (Å²) < 4.78 is 37.1. The molecule has 1 saturated carbocycles. The number of hydrogen-bond acceptors (Lipinski definition) is 2. The van der Waals surface area contributed by atoms with Crippen LogP contribution in [0.25, 0.3) is 0 Å². The predicted octanol–water partition coefficient (Wildman–Crippen LogP) is 1.37. The molecule has 4 nitrogen and oxygen atoms in total. The summed E-state index contributed by atoms with van der Waals surface area (Å²) in [7, 11) is 0. The number of alkyl halides is 3. The number of nitrogens with zero attached hydrogens (tertiary/aromatic N) is 2. The van der Waals surface area contributed by atoms with E-state index in [2.05, 4.69) is 10.2 Å². The van der Waals surface area contributed by atoms with E-state index in [4.69, 9.17) is 11.5 Å². The fourth-order valence-electron chi connectivity index (χ4n) is 1.54. The third-order valence-corrected chi connectivity index (χ3v) is 2.27. The molecule has 0 bridgehead atoms. The number of hydrogen-bond donors (Lipinski definition) is 2. The molecule has 1 aliphatic rings. The van der Waals surface area contributed by atoms with Crippen molar-refractivity contribution in [3.05, 3.63) is 0 Å². The molecule has 1 aliphatic carbocycles. The van der Waals surface area contributed by atoms with Crippen molar-refractivity contribution in [2.75, 3.05) is 0 Å². The van der Waals surface area contributed by atoms with Gasteiger partial charge in [-0.1, -0.05) is 0 Å². The number of halogens is 3. The molecule has 1 rings (SSSR count). The van der Waals surface area contributed by atoms with Crippen molar-refractivity contribution < 1.29 is 13.2 Å². The van der Waals surface area contributed by atoms with Crippen LogP contribution < -0.4 is 11.5 Å². The maximum absolute atomic E-state index is 12.4. The first-order chi connectivity index (χ1) is 6.89. The summed E-state index contributed by atoms with van der Waals surface area (Å²) in [6, 6.07) is 0. The largest absolute Gasteiger partial charge is 0.392 e. The molecule has 0 heterocycles. The average molecular weight is 222 g/mol. The van der Waals surface area contributed by atoms with Crippen LogP contribution in [0.3, 0.4) is 0 Å². The minimum atomic E-state index is -4.15. The molecule has 86 valence electrons. The lowest BCUT2D eigenvalue weighted by atomic mass is 9.87. The molecule has 1 atom stereocenters. The molecular formula is C8H13F3N4. The van der Waals surface area contributed by atoms with E-state index in [0.717, 1.165) is 0 Å². The standard InChI is InChI=1S/C8H13F3N4/c9-8(10,11)5-2-1-3-6(4-5)14-15-7(12)13/h5H,1-4H2,(H4,12,13,15). The molecule has 0 aromatic heterocycles. The van der Waals surface area contributed by atoms with Crippen molar-refractivity contribution >= 4 is 11.7 Å². The molecule has 0 aromatic carbocycles. The van der Waals surface area contributed by atoms with Crippen molar-refractivity contribution in [3.63, 3.8) is 0 Å². The van der Waals surface area contributed by atoms with Crippen LogP contribution in [0, 0.1) is 5.92 Å². The Morgan fingerprint density at radius 3 is 2.53 bits per heavy atom. The summed E-state index contributed by atoms with van der Waals surface area (Å²) in [5, 5.41) is 6.96. The summed E-state index contributed by atoms with van der Waals surface area (Å²) in [5.74, 6) is -1.55. The molecule has 15 heavy (non-hydrogen) atoms. The zero-order valence-corrected chi connectivity index (χ0v) is 8.09. The zero-order chi connectivity index (χ0) is 11.5. The second kappa shape index (κ2) is 4.50. The number of nitrogens with two attached hydrogens (primary N) is 2. The molecule has 0 aliphatic heterocycles. The first-order valence-corrected chi connectivity index (χ1v) is 4.60. The second-order valence-electron chi connectivity index (χ2n) is 3.53. The maximum Gasteiger partial charge on any atom is 0.392 e. The van der Waals surface area contributed by atoms with E-state index in [1.165, 1.54) is 0 Å². The first-order valence-electron chi connectivity index (χ1n) is 4.60. The van der Waals surface area contributed by atoms with Gasteiger partial charge in [-0.05, 0) is 25.7 Å². The van der Waals surface area contributed by atoms with Crippen LogP contribution in [0.15, 0.2) is 10.2 Å². The van der Waals surface area contributed by atoms with E-state index < -0.39 is 12.1 Å². The molecule has 0 saturated heterocycles. The van der Waals surface area contributed by atoms with E-state index >= 15 is 0 Å². The first kappa shape index (κ1) is 11.8. The van der Waals surface area contributed by atoms with Crippen molar-refractivity contribution in [2.24, 2.45) is 27.6 Å². The van der Waals surface area contributed by atoms with Crippen LogP contribution in [0.5, 0.6) is 0 Å². The second-order valence-corrected chi connectivity index (χ2v) is 3.53. The minimum absolute atomic E-state index is 0.0969. The van der Waals surface area contributed by atoms with Crippen LogP contribution in [0.4, 0.5) is 13.2 Å². The third kappa shape index (κ3) is 3.77. The maximum atomic E-state index is 12.4. The van der Waals surface area contributed by atoms with Gasteiger partial charge in [0.15, 0.2) is 0 Å². The molecule has 4 N–H and O–H groups in total. The SMILES string of the molecule is NC(N)=NN=C1CCCC(C(F)(F)F)C1. The van der Waals surface area contributed by atoms with Gasteiger partial charge in [0.1, 0.15) is 0 Å². The van der Waals surface area contributed by atoms with Gasteiger partial charge in [-0.2, -0.15) is 18.3 Å². The molecule has 0 spiro atoms. The molecule has 0 aromatic rings. The highest BCUT2D eigenvalue weighted by Crippen LogP contribution is 2.36. The Kier molecular flexibility index (Phi) is 3.54. The monoisotopic (exact) mass is 222 g/mol. The van der Waals surface area contributed by atoms with E-state index in [1.807, 2.05) is 0 Å². The van der Waals surface area contributed by atoms with E-state index in [-0.39, 0.29) is 18.8 Å². The molecule has 1 unspecified atom stereocenters. The summed E-state index contributed by atoms with van der Waals surface area (Å²) in [4.78, 5) is 0.